The van der Waals surface area contributed by atoms with Crippen molar-refractivity contribution in [2.45, 2.75) is 61.7 Å². The van der Waals surface area contributed by atoms with Gasteiger partial charge in [-0.1, -0.05) is 44.4 Å². The summed E-state index contributed by atoms with van der Waals surface area (Å²) in [6.07, 6.45) is 8.24. The Hall–Kier alpha value is -0.470. The van der Waals surface area contributed by atoms with E-state index >= 15 is 0 Å². The molecule has 2 rings (SSSR count). The van der Waals surface area contributed by atoms with Crippen molar-refractivity contribution in [3.63, 3.8) is 0 Å². The number of hydrogen-bond donors (Lipinski definition) is 0. The first-order valence-corrected chi connectivity index (χ1v) is 8.11. The van der Waals surface area contributed by atoms with E-state index in [0.29, 0.717) is 11.4 Å². The Morgan fingerprint density at radius 1 is 1.28 bits per heavy atom. The highest BCUT2D eigenvalue weighted by molar-refractivity contribution is 8.00. The van der Waals surface area contributed by atoms with Gasteiger partial charge in [-0.15, -0.1) is 11.8 Å². The molecule has 1 aromatic carbocycles. The summed E-state index contributed by atoms with van der Waals surface area (Å²) in [5, 5.41) is 0.640. The molecule has 2 atom stereocenters. The molecule has 1 aromatic rings. The van der Waals surface area contributed by atoms with Crippen LogP contribution in [0.15, 0.2) is 35.2 Å². The third-order valence-electron chi connectivity index (χ3n) is 3.50. The van der Waals surface area contributed by atoms with Crippen molar-refractivity contribution in [2.24, 2.45) is 0 Å². The number of rotatable bonds is 7. The molecule has 1 nitrogen and oxygen atoms in total. The van der Waals surface area contributed by atoms with Crippen molar-refractivity contribution < 1.29 is 4.74 Å². The van der Waals surface area contributed by atoms with Gasteiger partial charge >= 0.3 is 0 Å². The smallest absolute Gasteiger partial charge is 0.0698 e. The molecule has 0 aliphatic carbocycles. The minimum atomic E-state index is 0.479. The van der Waals surface area contributed by atoms with Gasteiger partial charge in [0.05, 0.1) is 6.10 Å². The Morgan fingerprint density at radius 3 is 2.78 bits per heavy atom. The normalized spacial score (nSPS) is 21.1. The van der Waals surface area contributed by atoms with Crippen LogP contribution in [-0.4, -0.2) is 18.0 Å². The average Bonchev–Trinajstić information content (AvgIpc) is 2.93. The van der Waals surface area contributed by atoms with E-state index in [1.807, 2.05) is 11.8 Å². The molecular formula is C16H24OS. The molecule has 0 spiro atoms. The van der Waals surface area contributed by atoms with E-state index in [1.54, 1.807) is 0 Å². The van der Waals surface area contributed by atoms with Gasteiger partial charge in [-0.3, -0.25) is 0 Å². The van der Waals surface area contributed by atoms with E-state index in [9.17, 15) is 0 Å². The summed E-state index contributed by atoms with van der Waals surface area (Å²) in [4.78, 5) is 1.38. The molecule has 1 aliphatic heterocycles. The third-order valence-corrected chi connectivity index (χ3v) is 4.89. The number of unbranched alkanes of at least 4 members (excludes halogenated alkanes) is 2. The van der Waals surface area contributed by atoms with Gasteiger partial charge in [-0.05, 0) is 31.4 Å². The van der Waals surface area contributed by atoms with E-state index in [0.717, 1.165) is 6.61 Å². The van der Waals surface area contributed by atoms with E-state index in [-0.39, 0.29) is 0 Å². The second-order valence-electron chi connectivity index (χ2n) is 5.02. The van der Waals surface area contributed by atoms with Gasteiger partial charge in [-0.2, -0.15) is 0 Å². The van der Waals surface area contributed by atoms with Crippen molar-refractivity contribution in [1.82, 2.24) is 0 Å². The number of thioether (sulfide) groups is 1. The zero-order valence-electron chi connectivity index (χ0n) is 11.3. The van der Waals surface area contributed by atoms with Crippen LogP contribution < -0.4 is 0 Å². The van der Waals surface area contributed by atoms with Gasteiger partial charge in [0.2, 0.25) is 0 Å². The molecule has 0 unspecified atom stereocenters. The van der Waals surface area contributed by atoms with Crippen molar-refractivity contribution >= 4 is 11.8 Å². The van der Waals surface area contributed by atoms with Crippen LogP contribution >= 0.6 is 11.8 Å². The summed E-state index contributed by atoms with van der Waals surface area (Å²) >= 11 is 2.01. The monoisotopic (exact) mass is 264 g/mol. The lowest BCUT2D eigenvalue weighted by Gasteiger charge is -2.22. The maximum absolute atomic E-state index is 5.90. The number of ether oxygens (including phenoxy) is 1. The zero-order valence-corrected chi connectivity index (χ0v) is 12.1. The standard InChI is InChI=1S/C16H24OS/c1-2-3-5-12-16(15-11-8-13-17-15)18-14-9-6-4-7-10-14/h4,6-7,9-10,15-16H,2-3,5,8,11-13H2,1H3/t15-,16-/m1/s1. The summed E-state index contributed by atoms with van der Waals surface area (Å²) in [5.74, 6) is 0. The molecule has 1 heterocycles. The molecule has 1 aliphatic rings. The molecule has 0 N–H and O–H groups in total. The minimum absolute atomic E-state index is 0.479. The lowest BCUT2D eigenvalue weighted by molar-refractivity contribution is 0.106. The Balaban J connectivity index is 1.90. The molecule has 0 aromatic heterocycles. The maximum Gasteiger partial charge on any atom is 0.0698 e. The third kappa shape index (κ3) is 4.33. The first kappa shape index (κ1) is 14.0. The lowest BCUT2D eigenvalue weighted by Crippen LogP contribution is -2.22. The van der Waals surface area contributed by atoms with E-state index in [2.05, 4.69) is 37.3 Å². The van der Waals surface area contributed by atoms with E-state index < -0.39 is 0 Å². The largest absolute Gasteiger partial charge is 0.377 e. The second-order valence-corrected chi connectivity index (χ2v) is 6.33. The van der Waals surface area contributed by atoms with Crippen molar-refractivity contribution in [3.8, 4) is 0 Å². The van der Waals surface area contributed by atoms with Crippen LogP contribution in [0.4, 0.5) is 0 Å². The molecule has 1 fully saturated rings. The summed E-state index contributed by atoms with van der Waals surface area (Å²) in [7, 11) is 0. The zero-order chi connectivity index (χ0) is 12.6. The van der Waals surface area contributed by atoms with Crippen molar-refractivity contribution in [1.29, 1.82) is 0 Å². The molecule has 0 saturated carbocycles. The van der Waals surface area contributed by atoms with Crippen LogP contribution in [0.5, 0.6) is 0 Å². The summed E-state index contributed by atoms with van der Waals surface area (Å²) in [6.45, 7) is 3.23. The van der Waals surface area contributed by atoms with Gasteiger partial charge in [0.1, 0.15) is 0 Å². The molecule has 0 radical (unpaired) electrons. The second kappa shape index (κ2) is 7.85. The Morgan fingerprint density at radius 2 is 2.11 bits per heavy atom. The highest BCUT2D eigenvalue weighted by Crippen LogP contribution is 2.33. The van der Waals surface area contributed by atoms with Gasteiger partial charge in [0.25, 0.3) is 0 Å². The van der Waals surface area contributed by atoms with Crippen molar-refractivity contribution in [3.05, 3.63) is 30.3 Å². The summed E-state index contributed by atoms with van der Waals surface area (Å²) in [6, 6.07) is 10.8. The fourth-order valence-corrected chi connectivity index (χ4v) is 3.80. The van der Waals surface area contributed by atoms with Crippen LogP contribution in [0.2, 0.25) is 0 Å². The lowest BCUT2D eigenvalue weighted by atomic mass is 10.1. The molecule has 0 amide bonds. The quantitative estimate of drug-likeness (QED) is 0.511. The van der Waals surface area contributed by atoms with E-state index in [1.165, 1.54) is 43.4 Å². The molecule has 2 heteroatoms. The molecule has 18 heavy (non-hydrogen) atoms. The van der Waals surface area contributed by atoms with Crippen LogP contribution in [0.25, 0.3) is 0 Å². The number of benzene rings is 1. The molecule has 0 bridgehead atoms. The van der Waals surface area contributed by atoms with Crippen LogP contribution in [0.3, 0.4) is 0 Å². The molecule has 1 saturated heterocycles. The average molecular weight is 264 g/mol. The van der Waals surface area contributed by atoms with Crippen LogP contribution in [0.1, 0.15) is 45.4 Å². The maximum atomic E-state index is 5.90. The van der Waals surface area contributed by atoms with Crippen molar-refractivity contribution in [2.75, 3.05) is 6.61 Å². The minimum Gasteiger partial charge on any atom is -0.377 e. The topological polar surface area (TPSA) is 9.23 Å². The highest BCUT2D eigenvalue weighted by Gasteiger charge is 2.26. The Bertz CT molecular complexity index is 319. The van der Waals surface area contributed by atoms with Gasteiger partial charge in [0, 0.05) is 16.8 Å². The first-order chi connectivity index (χ1) is 8.90. The predicted molar refractivity (Wildman–Crippen MR) is 79.2 cm³/mol. The Kier molecular flexibility index (Phi) is 6.09. The summed E-state index contributed by atoms with van der Waals surface area (Å²) < 4.78 is 5.90. The predicted octanol–water partition coefficient (Wildman–Crippen LogP) is 4.91. The van der Waals surface area contributed by atoms with Gasteiger partial charge < -0.3 is 4.74 Å². The van der Waals surface area contributed by atoms with E-state index in [4.69, 9.17) is 4.74 Å². The highest BCUT2D eigenvalue weighted by atomic mass is 32.2. The molecular weight excluding hydrogens is 240 g/mol. The first-order valence-electron chi connectivity index (χ1n) is 7.23. The fourth-order valence-electron chi connectivity index (χ4n) is 2.49. The summed E-state index contributed by atoms with van der Waals surface area (Å²) in [5.41, 5.74) is 0. The fraction of sp³-hybridized carbons (Fsp3) is 0.625. The van der Waals surface area contributed by atoms with Gasteiger partial charge in [0.15, 0.2) is 0 Å². The van der Waals surface area contributed by atoms with Gasteiger partial charge in [-0.25, -0.2) is 0 Å². The SMILES string of the molecule is CCCCC[C@@H](Sc1ccccc1)[C@H]1CCCO1. The van der Waals surface area contributed by atoms with Crippen LogP contribution in [-0.2, 0) is 4.74 Å². The van der Waals surface area contributed by atoms with Crippen LogP contribution in [0, 0.1) is 0 Å². The Labute approximate surface area is 115 Å². The number of hydrogen-bond acceptors (Lipinski definition) is 2. The molecule has 100 valence electrons.